The van der Waals surface area contributed by atoms with Crippen LogP contribution in [-0.4, -0.2) is 18.6 Å². The maximum Gasteiger partial charge on any atom is 0.258 e. The van der Waals surface area contributed by atoms with Gasteiger partial charge in [-0.05, 0) is 49.2 Å². The number of nitrogens with one attached hydrogen (secondary N) is 1. The number of hydrogen-bond acceptors (Lipinski definition) is 3. The Labute approximate surface area is 123 Å². The van der Waals surface area contributed by atoms with Crippen LogP contribution in [0.1, 0.15) is 12.8 Å². The Morgan fingerprint density at radius 3 is 2.24 bits per heavy atom. The van der Waals surface area contributed by atoms with Gasteiger partial charge in [0, 0.05) is 6.04 Å². The number of rotatable bonds is 6. The molecule has 2 aromatic rings. The fourth-order valence-electron chi connectivity index (χ4n) is 1.87. The minimum absolute atomic E-state index is 0.0510. The second-order valence-corrected chi connectivity index (χ2v) is 5.02. The minimum atomic E-state index is -0.0675. The third-order valence-corrected chi connectivity index (χ3v) is 3.12. The van der Waals surface area contributed by atoms with E-state index in [1.54, 1.807) is 12.1 Å². The van der Waals surface area contributed by atoms with Gasteiger partial charge in [0.2, 0.25) is 0 Å². The van der Waals surface area contributed by atoms with Crippen LogP contribution in [0.25, 0.3) is 0 Å². The van der Waals surface area contributed by atoms with E-state index in [2.05, 4.69) is 5.32 Å². The van der Waals surface area contributed by atoms with Crippen molar-refractivity contribution in [2.45, 2.75) is 18.9 Å². The van der Waals surface area contributed by atoms with E-state index in [-0.39, 0.29) is 12.5 Å². The lowest BCUT2D eigenvalue weighted by molar-refractivity contribution is -0.123. The monoisotopic (exact) mass is 283 g/mol. The van der Waals surface area contributed by atoms with E-state index in [0.717, 1.165) is 24.3 Å². The molecular formula is C17H17NO3. The fraction of sp³-hybridized carbons (Fsp3) is 0.235. The van der Waals surface area contributed by atoms with Crippen LogP contribution in [0.5, 0.6) is 17.2 Å². The number of ether oxygens (including phenoxy) is 2. The Bertz CT molecular complexity index is 591. The Balaban J connectivity index is 1.50. The Hall–Kier alpha value is -2.49. The Morgan fingerprint density at radius 1 is 0.952 bits per heavy atom. The number of carbonyl (C=O) groups excluding carboxylic acids is 1. The van der Waals surface area contributed by atoms with Crippen molar-refractivity contribution >= 4 is 5.91 Å². The quantitative estimate of drug-likeness (QED) is 0.886. The first-order chi connectivity index (χ1) is 10.3. The molecule has 0 bridgehead atoms. The lowest BCUT2D eigenvalue weighted by atomic mass is 10.3. The van der Waals surface area contributed by atoms with Gasteiger partial charge in [0.25, 0.3) is 5.91 Å². The summed E-state index contributed by atoms with van der Waals surface area (Å²) in [6, 6.07) is 17.2. The van der Waals surface area contributed by atoms with Gasteiger partial charge in [-0.1, -0.05) is 18.2 Å². The zero-order valence-electron chi connectivity index (χ0n) is 11.6. The van der Waals surface area contributed by atoms with Gasteiger partial charge in [-0.3, -0.25) is 4.79 Å². The topological polar surface area (TPSA) is 47.6 Å². The van der Waals surface area contributed by atoms with Crippen LogP contribution < -0.4 is 14.8 Å². The first-order valence-corrected chi connectivity index (χ1v) is 7.05. The zero-order valence-corrected chi connectivity index (χ0v) is 11.6. The summed E-state index contributed by atoms with van der Waals surface area (Å²) in [7, 11) is 0. The Morgan fingerprint density at radius 2 is 1.57 bits per heavy atom. The highest BCUT2D eigenvalue weighted by atomic mass is 16.5. The summed E-state index contributed by atoms with van der Waals surface area (Å²) in [5.74, 6) is 2.11. The molecule has 1 amide bonds. The number of benzene rings is 2. The Kier molecular flexibility index (Phi) is 4.05. The molecule has 108 valence electrons. The number of amides is 1. The summed E-state index contributed by atoms with van der Waals surface area (Å²) in [4.78, 5) is 11.5. The molecule has 0 radical (unpaired) electrons. The van der Waals surface area contributed by atoms with Gasteiger partial charge in [-0.2, -0.15) is 0 Å². The van der Waals surface area contributed by atoms with Crippen LogP contribution in [0.15, 0.2) is 54.6 Å². The van der Waals surface area contributed by atoms with Crippen LogP contribution in [0.4, 0.5) is 0 Å². The smallest absolute Gasteiger partial charge is 0.258 e. The van der Waals surface area contributed by atoms with Crippen LogP contribution >= 0.6 is 0 Å². The largest absolute Gasteiger partial charge is 0.484 e. The van der Waals surface area contributed by atoms with E-state index in [4.69, 9.17) is 9.47 Å². The molecule has 4 nitrogen and oxygen atoms in total. The second-order valence-electron chi connectivity index (χ2n) is 5.02. The normalized spacial score (nSPS) is 13.5. The summed E-state index contributed by atoms with van der Waals surface area (Å²) in [5, 5.41) is 2.88. The van der Waals surface area contributed by atoms with Gasteiger partial charge in [0.05, 0.1) is 0 Å². The molecule has 0 aromatic heterocycles. The van der Waals surface area contributed by atoms with Crippen molar-refractivity contribution in [1.82, 2.24) is 5.32 Å². The van der Waals surface area contributed by atoms with E-state index in [1.807, 2.05) is 42.5 Å². The third-order valence-electron chi connectivity index (χ3n) is 3.12. The molecule has 0 heterocycles. The lowest BCUT2D eigenvalue weighted by Gasteiger charge is -2.08. The number of hydrogen-bond donors (Lipinski definition) is 1. The van der Waals surface area contributed by atoms with Crippen LogP contribution in [0.3, 0.4) is 0 Å². The molecule has 0 unspecified atom stereocenters. The molecule has 0 aliphatic heterocycles. The third kappa shape index (κ3) is 4.24. The number of carbonyl (C=O) groups is 1. The molecule has 0 spiro atoms. The summed E-state index contributed by atoms with van der Waals surface area (Å²) in [5.41, 5.74) is 0. The molecule has 0 saturated heterocycles. The average molecular weight is 283 g/mol. The van der Waals surface area contributed by atoms with E-state index >= 15 is 0 Å². The maximum atomic E-state index is 11.5. The van der Waals surface area contributed by atoms with E-state index < -0.39 is 0 Å². The second kappa shape index (κ2) is 6.31. The van der Waals surface area contributed by atoms with E-state index in [1.165, 1.54) is 0 Å². The highest BCUT2D eigenvalue weighted by Crippen LogP contribution is 2.23. The zero-order chi connectivity index (χ0) is 14.5. The van der Waals surface area contributed by atoms with Gasteiger partial charge in [-0.15, -0.1) is 0 Å². The van der Waals surface area contributed by atoms with Crippen LogP contribution in [0, 0.1) is 0 Å². The number of para-hydroxylation sites is 1. The molecule has 1 aliphatic carbocycles. The molecule has 4 heteroatoms. The van der Waals surface area contributed by atoms with Gasteiger partial charge >= 0.3 is 0 Å². The molecule has 1 N–H and O–H groups in total. The van der Waals surface area contributed by atoms with Crippen LogP contribution in [0.2, 0.25) is 0 Å². The van der Waals surface area contributed by atoms with Crippen molar-refractivity contribution in [3.63, 3.8) is 0 Å². The first-order valence-electron chi connectivity index (χ1n) is 7.05. The summed E-state index contributed by atoms with van der Waals surface area (Å²) >= 11 is 0. The predicted molar refractivity (Wildman–Crippen MR) is 79.6 cm³/mol. The van der Waals surface area contributed by atoms with Crippen molar-refractivity contribution in [3.05, 3.63) is 54.6 Å². The molecule has 0 atom stereocenters. The molecule has 1 aliphatic rings. The van der Waals surface area contributed by atoms with E-state index in [0.29, 0.717) is 11.8 Å². The van der Waals surface area contributed by atoms with Crippen molar-refractivity contribution in [2.24, 2.45) is 0 Å². The van der Waals surface area contributed by atoms with Crippen molar-refractivity contribution in [3.8, 4) is 17.2 Å². The van der Waals surface area contributed by atoms with Crippen molar-refractivity contribution < 1.29 is 14.3 Å². The predicted octanol–water partition coefficient (Wildman–Crippen LogP) is 3.14. The summed E-state index contributed by atoms with van der Waals surface area (Å²) in [6.07, 6.45) is 2.16. The molecule has 1 saturated carbocycles. The SMILES string of the molecule is O=C(COc1ccc(Oc2ccccc2)cc1)NC1CC1. The lowest BCUT2D eigenvalue weighted by Crippen LogP contribution is -2.30. The molecule has 3 rings (SSSR count). The molecule has 1 fully saturated rings. The van der Waals surface area contributed by atoms with Crippen LogP contribution in [-0.2, 0) is 4.79 Å². The van der Waals surface area contributed by atoms with E-state index in [9.17, 15) is 4.79 Å². The van der Waals surface area contributed by atoms with Crippen molar-refractivity contribution in [2.75, 3.05) is 6.61 Å². The van der Waals surface area contributed by atoms with Gasteiger partial charge < -0.3 is 14.8 Å². The van der Waals surface area contributed by atoms with Gasteiger partial charge in [0.15, 0.2) is 6.61 Å². The molecular weight excluding hydrogens is 266 g/mol. The maximum absolute atomic E-state index is 11.5. The molecule has 2 aromatic carbocycles. The van der Waals surface area contributed by atoms with Gasteiger partial charge in [-0.25, -0.2) is 0 Å². The molecule has 21 heavy (non-hydrogen) atoms. The summed E-state index contributed by atoms with van der Waals surface area (Å²) in [6.45, 7) is 0.0510. The average Bonchev–Trinajstić information content (AvgIpc) is 3.32. The first kappa shape index (κ1) is 13.5. The standard InChI is InChI=1S/C17H17NO3/c19-17(18-13-6-7-13)12-20-14-8-10-16(11-9-14)21-15-4-2-1-3-5-15/h1-5,8-11,13H,6-7,12H2,(H,18,19). The minimum Gasteiger partial charge on any atom is -0.484 e. The highest BCUT2D eigenvalue weighted by molar-refractivity contribution is 5.78. The summed E-state index contributed by atoms with van der Waals surface area (Å²) < 4.78 is 11.1. The van der Waals surface area contributed by atoms with Crippen molar-refractivity contribution in [1.29, 1.82) is 0 Å². The van der Waals surface area contributed by atoms with Gasteiger partial charge in [0.1, 0.15) is 17.2 Å². The fourth-order valence-corrected chi connectivity index (χ4v) is 1.87. The highest BCUT2D eigenvalue weighted by Gasteiger charge is 2.23.